The van der Waals surface area contributed by atoms with Crippen molar-refractivity contribution in [3.05, 3.63) is 46.4 Å². The standard InChI is InChI=1S/C14H8BrF3N2O/c15-9-6-7(14(16,17)18)5-8(12(9)21)13-19-10-3-1-2-4-11(10)20-13/h1-6,21H,(H,19,20). The van der Waals surface area contributed by atoms with Gasteiger partial charge in [-0.2, -0.15) is 13.2 Å². The number of para-hydroxylation sites is 2. The quantitative estimate of drug-likeness (QED) is 0.662. The highest BCUT2D eigenvalue weighted by atomic mass is 79.9. The monoisotopic (exact) mass is 356 g/mol. The van der Waals surface area contributed by atoms with Crippen LogP contribution in [0, 0.1) is 0 Å². The molecule has 21 heavy (non-hydrogen) atoms. The van der Waals surface area contributed by atoms with E-state index in [1.54, 1.807) is 24.3 Å². The number of phenolic OH excluding ortho intramolecular Hbond substituents is 1. The van der Waals surface area contributed by atoms with Gasteiger partial charge in [0.05, 0.1) is 26.6 Å². The average molecular weight is 357 g/mol. The summed E-state index contributed by atoms with van der Waals surface area (Å²) in [6.07, 6.45) is -4.50. The minimum atomic E-state index is -4.50. The molecule has 0 aliphatic carbocycles. The van der Waals surface area contributed by atoms with Crippen LogP contribution in [-0.4, -0.2) is 15.1 Å². The van der Waals surface area contributed by atoms with Gasteiger partial charge in [-0.3, -0.25) is 0 Å². The van der Waals surface area contributed by atoms with Crippen molar-refractivity contribution in [2.75, 3.05) is 0 Å². The van der Waals surface area contributed by atoms with Crippen LogP contribution in [0.1, 0.15) is 5.56 Å². The third-order valence-corrected chi connectivity index (χ3v) is 3.64. The Morgan fingerprint density at radius 3 is 2.52 bits per heavy atom. The Balaban J connectivity index is 2.23. The summed E-state index contributed by atoms with van der Waals surface area (Å²) in [6, 6.07) is 8.75. The van der Waals surface area contributed by atoms with Crippen molar-refractivity contribution in [1.29, 1.82) is 0 Å². The molecule has 2 N–H and O–H groups in total. The van der Waals surface area contributed by atoms with E-state index in [9.17, 15) is 18.3 Å². The van der Waals surface area contributed by atoms with E-state index in [0.717, 1.165) is 12.1 Å². The molecule has 3 aromatic rings. The van der Waals surface area contributed by atoms with Crippen LogP contribution in [0.2, 0.25) is 0 Å². The fourth-order valence-corrected chi connectivity index (χ4v) is 2.48. The number of rotatable bonds is 1. The SMILES string of the molecule is Oc1c(Br)cc(C(F)(F)F)cc1-c1nc2ccccc2[nH]1. The topological polar surface area (TPSA) is 48.9 Å². The summed E-state index contributed by atoms with van der Waals surface area (Å²) in [5.41, 5.74) is 0.427. The average Bonchev–Trinajstić information content (AvgIpc) is 2.84. The Morgan fingerprint density at radius 2 is 1.86 bits per heavy atom. The number of halogens is 4. The zero-order valence-electron chi connectivity index (χ0n) is 10.4. The van der Waals surface area contributed by atoms with Crippen LogP contribution in [0.25, 0.3) is 22.4 Å². The largest absolute Gasteiger partial charge is 0.506 e. The van der Waals surface area contributed by atoms with Gasteiger partial charge in [0, 0.05) is 0 Å². The highest BCUT2D eigenvalue weighted by molar-refractivity contribution is 9.10. The number of H-pyrrole nitrogens is 1. The molecule has 0 amide bonds. The summed E-state index contributed by atoms with van der Waals surface area (Å²) in [5, 5.41) is 9.99. The number of aromatic nitrogens is 2. The second-order valence-corrected chi connectivity index (χ2v) is 5.31. The molecule has 0 atom stereocenters. The van der Waals surface area contributed by atoms with Crippen LogP contribution >= 0.6 is 15.9 Å². The van der Waals surface area contributed by atoms with Crippen LogP contribution in [0.3, 0.4) is 0 Å². The van der Waals surface area contributed by atoms with Gasteiger partial charge in [0.15, 0.2) is 0 Å². The first kappa shape index (κ1) is 13.9. The number of phenols is 1. The molecule has 0 saturated heterocycles. The first-order valence-electron chi connectivity index (χ1n) is 5.91. The molecule has 0 aliphatic rings. The summed E-state index contributed by atoms with van der Waals surface area (Å²) in [5.74, 6) is -0.109. The van der Waals surface area contributed by atoms with Crippen molar-refractivity contribution in [2.24, 2.45) is 0 Å². The van der Waals surface area contributed by atoms with Crippen LogP contribution in [0.5, 0.6) is 5.75 Å². The third-order valence-electron chi connectivity index (χ3n) is 3.04. The summed E-state index contributed by atoms with van der Waals surface area (Å²) in [7, 11) is 0. The van der Waals surface area contributed by atoms with E-state index in [-0.39, 0.29) is 21.6 Å². The van der Waals surface area contributed by atoms with Crippen LogP contribution in [0.4, 0.5) is 13.2 Å². The van der Waals surface area contributed by atoms with Gasteiger partial charge >= 0.3 is 6.18 Å². The minimum Gasteiger partial charge on any atom is -0.506 e. The van der Waals surface area contributed by atoms with E-state index in [2.05, 4.69) is 25.9 Å². The number of hydrogen-bond acceptors (Lipinski definition) is 2. The molecule has 0 saturated carbocycles. The van der Waals surface area contributed by atoms with Gasteiger partial charge < -0.3 is 10.1 Å². The predicted octanol–water partition coefficient (Wildman–Crippen LogP) is 4.72. The number of benzene rings is 2. The first-order valence-corrected chi connectivity index (χ1v) is 6.70. The third kappa shape index (κ3) is 2.49. The number of nitrogens with zero attached hydrogens (tertiary/aromatic N) is 1. The van der Waals surface area contributed by atoms with Gasteiger partial charge in [0.2, 0.25) is 0 Å². The van der Waals surface area contributed by atoms with E-state index in [1.807, 2.05) is 0 Å². The lowest BCUT2D eigenvalue weighted by molar-refractivity contribution is -0.137. The van der Waals surface area contributed by atoms with Gasteiger partial charge in [-0.05, 0) is 40.2 Å². The number of nitrogens with one attached hydrogen (secondary N) is 1. The molecule has 1 aromatic heterocycles. The molecule has 3 rings (SSSR count). The first-order chi connectivity index (χ1) is 9.86. The number of aromatic hydroxyl groups is 1. The maximum atomic E-state index is 12.9. The van der Waals surface area contributed by atoms with Gasteiger partial charge in [0.1, 0.15) is 11.6 Å². The number of alkyl halides is 3. The van der Waals surface area contributed by atoms with Gasteiger partial charge in [-0.25, -0.2) is 4.98 Å². The lowest BCUT2D eigenvalue weighted by Crippen LogP contribution is -2.05. The van der Waals surface area contributed by atoms with Crippen LogP contribution in [0.15, 0.2) is 40.9 Å². The molecule has 1 heterocycles. The molecular formula is C14H8BrF3N2O. The van der Waals surface area contributed by atoms with Crippen molar-refractivity contribution in [2.45, 2.75) is 6.18 Å². The Hall–Kier alpha value is -2.02. The number of hydrogen-bond donors (Lipinski definition) is 2. The van der Waals surface area contributed by atoms with Crippen LogP contribution < -0.4 is 0 Å². The molecule has 0 unspecified atom stereocenters. The maximum absolute atomic E-state index is 12.9. The van der Waals surface area contributed by atoms with E-state index in [0.29, 0.717) is 11.0 Å². The van der Waals surface area contributed by atoms with Crippen LogP contribution in [-0.2, 0) is 6.18 Å². The highest BCUT2D eigenvalue weighted by Crippen LogP contribution is 2.40. The van der Waals surface area contributed by atoms with Gasteiger partial charge in [-0.1, -0.05) is 12.1 Å². The van der Waals surface area contributed by atoms with E-state index in [4.69, 9.17) is 0 Å². The summed E-state index contributed by atoms with van der Waals surface area (Å²) >= 11 is 2.94. The lowest BCUT2D eigenvalue weighted by atomic mass is 10.1. The Bertz CT molecular complexity index is 794. The zero-order chi connectivity index (χ0) is 15.2. The van der Waals surface area contributed by atoms with Crippen molar-refractivity contribution >= 4 is 27.0 Å². The minimum absolute atomic E-state index is 0.00657. The number of imidazole rings is 1. The summed E-state index contributed by atoms with van der Waals surface area (Å²) in [4.78, 5) is 7.10. The molecular weight excluding hydrogens is 349 g/mol. The molecule has 0 fully saturated rings. The Kier molecular flexibility index (Phi) is 3.16. The number of aromatic amines is 1. The van der Waals surface area contributed by atoms with Gasteiger partial charge in [-0.15, -0.1) is 0 Å². The van der Waals surface area contributed by atoms with Crippen molar-refractivity contribution in [1.82, 2.24) is 9.97 Å². The van der Waals surface area contributed by atoms with Crippen molar-refractivity contribution < 1.29 is 18.3 Å². The van der Waals surface area contributed by atoms with E-state index >= 15 is 0 Å². The normalized spacial score (nSPS) is 12.0. The lowest BCUT2D eigenvalue weighted by Gasteiger charge is -2.11. The fourth-order valence-electron chi connectivity index (χ4n) is 2.02. The summed E-state index contributed by atoms with van der Waals surface area (Å²) < 4.78 is 38.6. The molecule has 0 bridgehead atoms. The second-order valence-electron chi connectivity index (χ2n) is 4.45. The van der Waals surface area contributed by atoms with Crippen molar-refractivity contribution in [3.63, 3.8) is 0 Å². The molecule has 0 radical (unpaired) electrons. The molecule has 3 nitrogen and oxygen atoms in total. The highest BCUT2D eigenvalue weighted by Gasteiger charge is 2.32. The second kappa shape index (κ2) is 4.77. The molecule has 7 heteroatoms. The fraction of sp³-hybridized carbons (Fsp3) is 0.0714. The smallest absolute Gasteiger partial charge is 0.416 e. The van der Waals surface area contributed by atoms with E-state index in [1.165, 1.54) is 0 Å². The number of fused-ring (bicyclic) bond motifs is 1. The van der Waals surface area contributed by atoms with Crippen molar-refractivity contribution in [3.8, 4) is 17.1 Å². The predicted molar refractivity (Wildman–Crippen MR) is 75.9 cm³/mol. The Labute approximate surface area is 125 Å². The van der Waals surface area contributed by atoms with Gasteiger partial charge in [0.25, 0.3) is 0 Å². The molecule has 108 valence electrons. The van der Waals surface area contributed by atoms with E-state index < -0.39 is 11.7 Å². The molecule has 2 aromatic carbocycles. The Morgan fingerprint density at radius 1 is 1.14 bits per heavy atom. The zero-order valence-corrected chi connectivity index (χ0v) is 12.0. The molecule has 0 spiro atoms. The maximum Gasteiger partial charge on any atom is 0.416 e. The molecule has 0 aliphatic heterocycles. The summed E-state index contributed by atoms with van der Waals surface area (Å²) in [6.45, 7) is 0.